The summed E-state index contributed by atoms with van der Waals surface area (Å²) < 4.78 is 38.8. The minimum absolute atomic E-state index is 0.118. The lowest BCUT2D eigenvalue weighted by Gasteiger charge is -2.23. The first-order chi connectivity index (χ1) is 13.3. The topological polar surface area (TPSA) is 67.9 Å². The molecule has 2 aromatic rings. The number of rotatable bonds is 3. The van der Waals surface area contributed by atoms with Crippen LogP contribution >= 0.6 is 11.6 Å². The Hall–Kier alpha value is -2.87. The Balaban J connectivity index is 1.65. The third-order valence-electron chi connectivity index (χ3n) is 4.74. The summed E-state index contributed by atoms with van der Waals surface area (Å²) in [4.78, 5) is 26.3. The number of urea groups is 1. The molecule has 146 valence electrons. The highest BCUT2D eigenvalue weighted by Gasteiger charge is 2.50. The summed E-state index contributed by atoms with van der Waals surface area (Å²) in [5.41, 5.74) is -1.43. The quantitative estimate of drug-likeness (QED) is 0.791. The number of amides is 3. The van der Waals surface area contributed by atoms with E-state index in [9.17, 15) is 18.4 Å². The van der Waals surface area contributed by atoms with Crippen molar-refractivity contribution < 1.29 is 27.8 Å². The van der Waals surface area contributed by atoms with E-state index < -0.39 is 29.1 Å². The second-order valence-corrected chi connectivity index (χ2v) is 7.08. The van der Waals surface area contributed by atoms with Crippen LogP contribution in [0.2, 0.25) is 5.02 Å². The van der Waals surface area contributed by atoms with Crippen molar-refractivity contribution in [1.82, 2.24) is 10.2 Å². The average Bonchev–Trinajstić information content (AvgIpc) is 2.88. The number of nitrogens with zero attached hydrogens (tertiary/aromatic N) is 1. The second kappa shape index (κ2) is 6.63. The van der Waals surface area contributed by atoms with Gasteiger partial charge >= 0.3 is 6.03 Å². The largest absolute Gasteiger partial charge is 0.486 e. The van der Waals surface area contributed by atoms with Crippen LogP contribution in [0.3, 0.4) is 0 Å². The molecule has 9 heteroatoms. The van der Waals surface area contributed by atoms with Gasteiger partial charge in [0.25, 0.3) is 5.91 Å². The molecule has 0 aromatic heterocycles. The molecule has 2 heterocycles. The van der Waals surface area contributed by atoms with E-state index in [1.54, 1.807) is 12.1 Å². The van der Waals surface area contributed by atoms with E-state index in [0.717, 1.165) is 23.1 Å². The monoisotopic (exact) mass is 408 g/mol. The van der Waals surface area contributed by atoms with Crippen LogP contribution in [0.1, 0.15) is 18.1 Å². The fourth-order valence-electron chi connectivity index (χ4n) is 3.34. The van der Waals surface area contributed by atoms with Crippen molar-refractivity contribution in [2.45, 2.75) is 19.0 Å². The number of halogens is 3. The first-order valence-electron chi connectivity index (χ1n) is 8.47. The number of ether oxygens (including phenoxy) is 2. The van der Waals surface area contributed by atoms with Gasteiger partial charge in [0.2, 0.25) is 0 Å². The Labute approximate surface area is 164 Å². The standard InChI is InChI=1S/C19H15ClF2N2O4/c1-19(12-8-11(21)2-3-14(12)22)17(25)24(18(26)23-19)9-10-6-13(20)16-15(7-10)27-4-5-28-16/h2-3,6-8H,4-5,9H2,1H3,(H,23,26). The molecular formula is C19H15ClF2N2O4. The summed E-state index contributed by atoms with van der Waals surface area (Å²) in [6, 6.07) is 5.23. The summed E-state index contributed by atoms with van der Waals surface area (Å²) >= 11 is 6.20. The zero-order chi connectivity index (χ0) is 20.1. The molecule has 0 spiro atoms. The zero-order valence-electron chi connectivity index (χ0n) is 14.7. The van der Waals surface area contributed by atoms with Crippen LogP contribution in [0.5, 0.6) is 11.5 Å². The third-order valence-corrected chi connectivity index (χ3v) is 5.02. The summed E-state index contributed by atoms with van der Waals surface area (Å²) in [7, 11) is 0. The fourth-order valence-corrected chi connectivity index (χ4v) is 3.63. The molecule has 1 fully saturated rings. The maximum absolute atomic E-state index is 14.2. The van der Waals surface area contributed by atoms with Crippen LogP contribution < -0.4 is 14.8 Å². The minimum Gasteiger partial charge on any atom is -0.486 e. The van der Waals surface area contributed by atoms with Crippen molar-refractivity contribution in [3.05, 3.63) is 58.1 Å². The van der Waals surface area contributed by atoms with Crippen LogP contribution in [0.4, 0.5) is 13.6 Å². The van der Waals surface area contributed by atoms with E-state index in [-0.39, 0.29) is 17.1 Å². The third kappa shape index (κ3) is 2.93. The van der Waals surface area contributed by atoms with Gasteiger partial charge in [-0.05, 0) is 42.8 Å². The first kappa shape index (κ1) is 18.5. The molecular weight excluding hydrogens is 394 g/mol. The van der Waals surface area contributed by atoms with Gasteiger partial charge in [0.05, 0.1) is 11.6 Å². The Kier molecular flexibility index (Phi) is 4.38. The minimum atomic E-state index is -1.72. The maximum atomic E-state index is 14.2. The Morgan fingerprint density at radius 3 is 2.71 bits per heavy atom. The molecule has 2 aliphatic heterocycles. The smallest absolute Gasteiger partial charge is 0.325 e. The van der Waals surface area contributed by atoms with Crippen LogP contribution in [-0.2, 0) is 16.9 Å². The highest BCUT2D eigenvalue weighted by molar-refractivity contribution is 6.32. The van der Waals surface area contributed by atoms with E-state index in [1.807, 2.05) is 0 Å². The predicted octanol–water partition coefficient (Wildman–Crippen LogP) is 3.36. The van der Waals surface area contributed by atoms with Gasteiger partial charge in [-0.1, -0.05) is 11.6 Å². The highest BCUT2D eigenvalue weighted by atomic mass is 35.5. The molecule has 0 radical (unpaired) electrons. The van der Waals surface area contributed by atoms with Gasteiger partial charge in [0.1, 0.15) is 30.4 Å². The molecule has 3 amide bonds. The summed E-state index contributed by atoms with van der Waals surface area (Å²) in [5.74, 6) is -1.38. The van der Waals surface area contributed by atoms with Crippen molar-refractivity contribution in [2.24, 2.45) is 0 Å². The number of benzene rings is 2. The van der Waals surface area contributed by atoms with Gasteiger partial charge in [-0.3, -0.25) is 9.69 Å². The van der Waals surface area contributed by atoms with E-state index >= 15 is 0 Å². The van der Waals surface area contributed by atoms with Crippen molar-refractivity contribution >= 4 is 23.5 Å². The van der Waals surface area contributed by atoms with Crippen LogP contribution in [0.25, 0.3) is 0 Å². The van der Waals surface area contributed by atoms with Gasteiger partial charge in [-0.25, -0.2) is 13.6 Å². The fraction of sp³-hybridized carbons (Fsp3) is 0.263. The zero-order valence-corrected chi connectivity index (χ0v) is 15.5. The van der Waals surface area contributed by atoms with E-state index in [4.69, 9.17) is 21.1 Å². The molecule has 1 atom stereocenters. The van der Waals surface area contributed by atoms with E-state index in [2.05, 4.69) is 5.32 Å². The van der Waals surface area contributed by atoms with Crippen LogP contribution in [-0.4, -0.2) is 30.1 Å². The molecule has 0 saturated carbocycles. The van der Waals surface area contributed by atoms with E-state index in [1.165, 1.54) is 6.92 Å². The molecule has 2 aliphatic rings. The lowest BCUT2D eigenvalue weighted by molar-refractivity contribution is -0.131. The molecule has 0 bridgehead atoms. The number of carbonyl (C=O) groups is 2. The Morgan fingerprint density at radius 1 is 1.18 bits per heavy atom. The number of fused-ring (bicyclic) bond motifs is 1. The molecule has 4 rings (SSSR count). The van der Waals surface area contributed by atoms with Crippen molar-refractivity contribution in [2.75, 3.05) is 13.2 Å². The van der Waals surface area contributed by atoms with Crippen LogP contribution in [0.15, 0.2) is 30.3 Å². The number of hydrogen-bond acceptors (Lipinski definition) is 4. The SMILES string of the molecule is CC1(c2cc(F)ccc2F)NC(=O)N(Cc2cc(Cl)c3c(c2)OCCO3)C1=O. The van der Waals surface area contributed by atoms with Crippen molar-refractivity contribution in [3.63, 3.8) is 0 Å². The normalized spacial score (nSPS) is 21.1. The average molecular weight is 409 g/mol. The summed E-state index contributed by atoms with van der Waals surface area (Å²) in [6.07, 6.45) is 0. The molecule has 6 nitrogen and oxygen atoms in total. The molecule has 2 aromatic carbocycles. The molecule has 1 unspecified atom stereocenters. The number of nitrogens with one attached hydrogen (secondary N) is 1. The van der Waals surface area contributed by atoms with Crippen molar-refractivity contribution in [1.29, 1.82) is 0 Å². The number of hydrogen-bond donors (Lipinski definition) is 1. The highest BCUT2D eigenvalue weighted by Crippen LogP contribution is 2.39. The van der Waals surface area contributed by atoms with Gasteiger partial charge < -0.3 is 14.8 Å². The van der Waals surface area contributed by atoms with Gasteiger partial charge in [0, 0.05) is 5.56 Å². The number of carbonyl (C=O) groups excluding carboxylic acids is 2. The van der Waals surface area contributed by atoms with Gasteiger partial charge in [-0.2, -0.15) is 0 Å². The maximum Gasteiger partial charge on any atom is 0.325 e. The molecule has 0 aliphatic carbocycles. The lowest BCUT2D eigenvalue weighted by atomic mass is 9.91. The van der Waals surface area contributed by atoms with Gasteiger partial charge in [0.15, 0.2) is 11.5 Å². The molecule has 1 N–H and O–H groups in total. The Bertz CT molecular complexity index is 1000. The second-order valence-electron chi connectivity index (χ2n) is 6.67. The van der Waals surface area contributed by atoms with E-state index in [0.29, 0.717) is 30.3 Å². The summed E-state index contributed by atoms with van der Waals surface area (Å²) in [5, 5.41) is 2.74. The molecule has 1 saturated heterocycles. The van der Waals surface area contributed by atoms with Crippen molar-refractivity contribution in [3.8, 4) is 11.5 Å². The van der Waals surface area contributed by atoms with Gasteiger partial charge in [-0.15, -0.1) is 0 Å². The summed E-state index contributed by atoms with van der Waals surface area (Å²) in [6.45, 7) is 1.94. The first-order valence-corrected chi connectivity index (χ1v) is 8.85. The lowest BCUT2D eigenvalue weighted by Crippen LogP contribution is -2.41. The predicted molar refractivity (Wildman–Crippen MR) is 95.2 cm³/mol. The molecule has 28 heavy (non-hydrogen) atoms. The van der Waals surface area contributed by atoms with Crippen LogP contribution in [0, 0.1) is 11.6 Å². The Morgan fingerprint density at radius 2 is 1.93 bits per heavy atom. The number of imide groups is 1.